The number of anilines is 1. The molecule has 0 saturated carbocycles. The standard InChI is InChI=1S/C12H18ClN3O/c1-5-16(8(2)3)12(17)9-6-10(13)11(14-4)15-7-9/h6-8H,5H2,1-4H3,(H,14,15). The molecule has 94 valence electrons. The van der Waals surface area contributed by atoms with E-state index in [1.54, 1.807) is 24.2 Å². The van der Waals surface area contributed by atoms with Crippen molar-refractivity contribution in [3.05, 3.63) is 22.8 Å². The van der Waals surface area contributed by atoms with Gasteiger partial charge in [-0.05, 0) is 26.8 Å². The molecule has 1 aromatic rings. The zero-order valence-corrected chi connectivity index (χ0v) is 11.4. The number of hydrogen-bond acceptors (Lipinski definition) is 3. The maximum atomic E-state index is 12.2. The van der Waals surface area contributed by atoms with Gasteiger partial charge in [0.2, 0.25) is 0 Å². The molecule has 0 aliphatic rings. The summed E-state index contributed by atoms with van der Waals surface area (Å²) < 4.78 is 0. The fourth-order valence-electron chi connectivity index (χ4n) is 1.65. The minimum Gasteiger partial charge on any atom is -0.372 e. The molecule has 4 nitrogen and oxygen atoms in total. The van der Waals surface area contributed by atoms with Crippen LogP contribution in [0.15, 0.2) is 12.3 Å². The molecule has 17 heavy (non-hydrogen) atoms. The normalized spacial score (nSPS) is 10.5. The van der Waals surface area contributed by atoms with E-state index in [1.165, 1.54) is 0 Å². The lowest BCUT2D eigenvalue weighted by molar-refractivity contribution is 0.0716. The van der Waals surface area contributed by atoms with Crippen molar-refractivity contribution in [3.8, 4) is 0 Å². The molecule has 0 aromatic carbocycles. The highest BCUT2D eigenvalue weighted by atomic mass is 35.5. The van der Waals surface area contributed by atoms with E-state index < -0.39 is 0 Å². The number of rotatable bonds is 4. The minimum absolute atomic E-state index is 0.0421. The summed E-state index contributed by atoms with van der Waals surface area (Å²) in [5.41, 5.74) is 0.518. The van der Waals surface area contributed by atoms with E-state index in [0.29, 0.717) is 22.9 Å². The van der Waals surface area contributed by atoms with Gasteiger partial charge < -0.3 is 10.2 Å². The zero-order valence-electron chi connectivity index (χ0n) is 10.6. The van der Waals surface area contributed by atoms with Crippen LogP contribution in [-0.4, -0.2) is 35.4 Å². The van der Waals surface area contributed by atoms with Crippen molar-refractivity contribution in [2.24, 2.45) is 0 Å². The van der Waals surface area contributed by atoms with Crippen LogP contribution in [0.4, 0.5) is 5.82 Å². The van der Waals surface area contributed by atoms with Gasteiger partial charge in [-0.1, -0.05) is 11.6 Å². The molecule has 1 heterocycles. The molecule has 0 aliphatic carbocycles. The quantitative estimate of drug-likeness (QED) is 0.900. The molecule has 0 radical (unpaired) electrons. The minimum atomic E-state index is -0.0421. The van der Waals surface area contributed by atoms with Crippen LogP contribution in [0.5, 0.6) is 0 Å². The average molecular weight is 256 g/mol. The van der Waals surface area contributed by atoms with E-state index in [2.05, 4.69) is 10.3 Å². The monoisotopic (exact) mass is 255 g/mol. The second kappa shape index (κ2) is 5.87. The van der Waals surface area contributed by atoms with Gasteiger partial charge in [-0.15, -0.1) is 0 Å². The molecule has 0 aliphatic heterocycles. The smallest absolute Gasteiger partial charge is 0.255 e. The summed E-state index contributed by atoms with van der Waals surface area (Å²) in [6, 6.07) is 1.81. The first-order valence-corrected chi connectivity index (χ1v) is 6.03. The Hall–Kier alpha value is -1.29. The van der Waals surface area contributed by atoms with E-state index in [9.17, 15) is 4.79 Å². The molecular formula is C12H18ClN3O. The Labute approximate surface area is 107 Å². The summed E-state index contributed by atoms with van der Waals surface area (Å²) in [7, 11) is 1.74. The number of carbonyl (C=O) groups is 1. The summed E-state index contributed by atoms with van der Waals surface area (Å²) in [4.78, 5) is 18.0. The van der Waals surface area contributed by atoms with E-state index in [-0.39, 0.29) is 11.9 Å². The lowest BCUT2D eigenvalue weighted by Crippen LogP contribution is -2.36. The van der Waals surface area contributed by atoms with Crippen LogP contribution >= 0.6 is 11.6 Å². The Kier molecular flexibility index (Phi) is 4.75. The van der Waals surface area contributed by atoms with Crippen molar-refractivity contribution >= 4 is 23.3 Å². The third-order valence-electron chi connectivity index (χ3n) is 2.55. The second-order valence-corrected chi connectivity index (χ2v) is 4.40. The first kappa shape index (κ1) is 13.8. The Balaban J connectivity index is 3.00. The van der Waals surface area contributed by atoms with Crippen LogP contribution in [0, 0.1) is 0 Å². The highest BCUT2D eigenvalue weighted by Crippen LogP contribution is 2.20. The van der Waals surface area contributed by atoms with Gasteiger partial charge >= 0.3 is 0 Å². The molecule has 1 rings (SSSR count). The molecule has 0 atom stereocenters. The first-order chi connectivity index (χ1) is 8.01. The summed E-state index contributed by atoms with van der Waals surface area (Å²) in [5, 5.41) is 3.32. The Morgan fingerprint density at radius 3 is 2.65 bits per heavy atom. The van der Waals surface area contributed by atoms with Gasteiger partial charge in [0.15, 0.2) is 0 Å². The van der Waals surface area contributed by atoms with E-state index in [4.69, 9.17) is 11.6 Å². The van der Waals surface area contributed by atoms with Crippen molar-refractivity contribution in [1.29, 1.82) is 0 Å². The van der Waals surface area contributed by atoms with Crippen LogP contribution in [-0.2, 0) is 0 Å². The summed E-state index contributed by atoms with van der Waals surface area (Å²) in [5.74, 6) is 0.537. The molecule has 0 spiro atoms. The van der Waals surface area contributed by atoms with Gasteiger partial charge in [0.25, 0.3) is 5.91 Å². The predicted octanol–water partition coefficient (Wildman–Crippen LogP) is 2.65. The summed E-state index contributed by atoms with van der Waals surface area (Å²) in [6.07, 6.45) is 1.55. The fourth-order valence-corrected chi connectivity index (χ4v) is 1.91. The van der Waals surface area contributed by atoms with Gasteiger partial charge in [-0.25, -0.2) is 4.98 Å². The van der Waals surface area contributed by atoms with E-state index in [0.717, 1.165) is 0 Å². The number of pyridine rings is 1. The van der Waals surface area contributed by atoms with E-state index in [1.807, 2.05) is 20.8 Å². The first-order valence-electron chi connectivity index (χ1n) is 5.65. The summed E-state index contributed by atoms with van der Waals surface area (Å²) in [6.45, 7) is 6.59. The Morgan fingerprint density at radius 2 is 2.24 bits per heavy atom. The van der Waals surface area contributed by atoms with Gasteiger partial charge in [0, 0.05) is 25.8 Å². The SMILES string of the molecule is CCN(C(=O)c1cnc(NC)c(Cl)c1)C(C)C. The number of carbonyl (C=O) groups excluding carboxylic acids is 1. The topological polar surface area (TPSA) is 45.2 Å². The van der Waals surface area contributed by atoms with Gasteiger partial charge in [0.1, 0.15) is 5.82 Å². The number of nitrogens with zero attached hydrogens (tertiary/aromatic N) is 2. The highest BCUT2D eigenvalue weighted by Gasteiger charge is 2.18. The average Bonchev–Trinajstić information content (AvgIpc) is 2.29. The molecule has 1 N–H and O–H groups in total. The zero-order chi connectivity index (χ0) is 13.0. The summed E-state index contributed by atoms with van der Waals surface area (Å²) >= 11 is 6.01. The van der Waals surface area contributed by atoms with Crippen molar-refractivity contribution in [1.82, 2.24) is 9.88 Å². The number of halogens is 1. The molecular weight excluding hydrogens is 238 g/mol. The molecule has 1 aromatic heterocycles. The molecule has 0 saturated heterocycles. The van der Waals surface area contributed by atoms with Crippen molar-refractivity contribution in [3.63, 3.8) is 0 Å². The molecule has 0 bridgehead atoms. The third-order valence-corrected chi connectivity index (χ3v) is 2.84. The molecule has 5 heteroatoms. The molecule has 0 fully saturated rings. The number of aromatic nitrogens is 1. The van der Waals surface area contributed by atoms with Gasteiger partial charge in [-0.2, -0.15) is 0 Å². The van der Waals surface area contributed by atoms with Crippen LogP contribution in [0.25, 0.3) is 0 Å². The van der Waals surface area contributed by atoms with E-state index >= 15 is 0 Å². The Bertz CT molecular complexity index is 407. The van der Waals surface area contributed by atoms with Crippen LogP contribution in [0.2, 0.25) is 5.02 Å². The fraction of sp³-hybridized carbons (Fsp3) is 0.500. The van der Waals surface area contributed by atoms with Gasteiger partial charge in [-0.3, -0.25) is 4.79 Å². The van der Waals surface area contributed by atoms with Gasteiger partial charge in [0.05, 0.1) is 10.6 Å². The van der Waals surface area contributed by atoms with Crippen molar-refractivity contribution in [2.45, 2.75) is 26.8 Å². The lowest BCUT2D eigenvalue weighted by atomic mass is 10.2. The van der Waals surface area contributed by atoms with Crippen molar-refractivity contribution < 1.29 is 4.79 Å². The third kappa shape index (κ3) is 3.09. The maximum Gasteiger partial charge on any atom is 0.255 e. The maximum absolute atomic E-state index is 12.2. The predicted molar refractivity (Wildman–Crippen MR) is 70.6 cm³/mol. The number of nitrogens with one attached hydrogen (secondary N) is 1. The largest absolute Gasteiger partial charge is 0.372 e. The Morgan fingerprint density at radius 1 is 1.59 bits per heavy atom. The second-order valence-electron chi connectivity index (χ2n) is 3.99. The van der Waals surface area contributed by atoms with Crippen LogP contribution in [0.1, 0.15) is 31.1 Å². The number of amides is 1. The van der Waals surface area contributed by atoms with Crippen LogP contribution in [0.3, 0.4) is 0 Å². The highest BCUT2D eigenvalue weighted by molar-refractivity contribution is 6.33. The molecule has 1 amide bonds. The molecule has 0 unspecified atom stereocenters. The van der Waals surface area contributed by atoms with Crippen molar-refractivity contribution in [2.75, 3.05) is 18.9 Å². The number of hydrogen-bond donors (Lipinski definition) is 1. The van der Waals surface area contributed by atoms with Crippen LogP contribution < -0.4 is 5.32 Å². The lowest BCUT2D eigenvalue weighted by Gasteiger charge is -2.25.